The summed E-state index contributed by atoms with van der Waals surface area (Å²) in [6.45, 7) is 7.10. The monoisotopic (exact) mass is 418 g/mol. The van der Waals surface area contributed by atoms with E-state index in [4.69, 9.17) is 11.6 Å². The van der Waals surface area contributed by atoms with Gasteiger partial charge >= 0.3 is 0 Å². The Morgan fingerprint density at radius 3 is 2.43 bits per heavy atom. The molecule has 30 heavy (non-hydrogen) atoms. The summed E-state index contributed by atoms with van der Waals surface area (Å²) < 4.78 is 0. The van der Waals surface area contributed by atoms with Crippen molar-refractivity contribution >= 4 is 17.5 Å². The van der Waals surface area contributed by atoms with Crippen molar-refractivity contribution in [1.29, 1.82) is 0 Å². The van der Waals surface area contributed by atoms with Crippen LogP contribution in [0.2, 0.25) is 5.02 Å². The first-order valence-electron chi connectivity index (χ1n) is 10.4. The van der Waals surface area contributed by atoms with Gasteiger partial charge in [-0.05, 0) is 35.7 Å². The molecular weight excluding hydrogens is 392 g/mol. The second-order valence-electron chi connectivity index (χ2n) is 8.05. The topological polar surface area (TPSA) is 23.6 Å². The Balaban J connectivity index is 1.49. The molecule has 0 bridgehead atoms. The summed E-state index contributed by atoms with van der Waals surface area (Å²) >= 11 is 6.40. The normalized spacial score (nSPS) is 17.2. The number of carbonyl (C=O) groups excluding carboxylic acids is 1. The lowest BCUT2D eigenvalue weighted by Gasteiger charge is -2.41. The molecule has 0 aromatic heterocycles. The van der Waals surface area contributed by atoms with Crippen LogP contribution < -0.4 is 0 Å². The highest BCUT2D eigenvalue weighted by molar-refractivity contribution is 6.33. The van der Waals surface area contributed by atoms with Gasteiger partial charge in [0.25, 0.3) is 0 Å². The average molecular weight is 419 g/mol. The van der Waals surface area contributed by atoms with Gasteiger partial charge in [0, 0.05) is 43.7 Å². The van der Waals surface area contributed by atoms with Gasteiger partial charge in [0.1, 0.15) is 0 Å². The molecule has 4 rings (SSSR count). The van der Waals surface area contributed by atoms with Gasteiger partial charge in [0.2, 0.25) is 5.91 Å². The molecule has 1 unspecified atom stereocenters. The van der Waals surface area contributed by atoms with Crippen LogP contribution in [0, 0.1) is 6.92 Å². The van der Waals surface area contributed by atoms with Crippen LogP contribution in [0.4, 0.5) is 0 Å². The van der Waals surface area contributed by atoms with E-state index in [-0.39, 0.29) is 11.9 Å². The molecule has 3 nitrogen and oxygen atoms in total. The smallest absolute Gasteiger partial charge is 0.220 e. The quantitative estimate of drug-likeness (QED) is 0.540. The summed E-state index contributed by atoms with van der Waals surface area (Å²) in [6, 6.07) is 25.2. The number of amides is 1. The van der Waals surface area contributed by atoms with Gasteiger partial charge in [-0.15, -0.1) is 0 Å². The number of hydrogen-bond acceptors (Lipinski definition) is 2. The number of benzene rings is 3. The van der Waals surface area contributed by atoms with Gasteiger partial charge in [-0.3, -0.25) is 9.69 Å². The maximum atomic E-state index is 12.2. The Morgan fingerprint density at radius 2 is 1.73 bits per heavy atom. The standard InChI is InChI=1S/C26H27ClN2O/c1-19-8-13-25(27)24(16-19)22-11-9-21(10-12-22)17-28-14-15-29(20(2)30)26(18-28)23-6-4-3-5-7-23/h3-13,16,26H,14-15,17-18H2,1-2H3. The fourth-order valence-corrected chi connectivity index (χ4v) is 4.46. The second kappa shape index (κ2) is 9.03. The second-order valence-corrected chi connectivity index (χ2v) is 8.46. The van der Waals surface area contributed by atoms with Crippen LogP contribution in [0.25, 0.3) is 11.1 Å². The number of nitrogens with zero attached hydrogens (tertiary/aromatic N) is 2. The summed E-state index contributed by atoms with van der Waals surface area (Å²) in [7, 11) is 0. The minimum atomic E-state index is 0.0998. The average Bonchev–Trinajstić information content (AvgIpc) is 2.76. The van der Waals surface area contributed by atoms with Gasteiger partial charge in [-0.1, -0.05) is 77.8 Å². The highest BCUT2D eigenvalue weighted by Gasteiger charge is 2.29. The van der Waals surface area contributed by atoms with Crippen LogP contribution in [0.15, 0.2) is 72.8 Å². The maximum Gasteiger partial charge on any atom is 0.220 e. The van der Waals surface area contributed by atoms with Crippen LogP contribution in [0.1, 0.15) is 29.7 Å². The van der Waals surface area contributed by atoms with Crippen molar-refractivity contribution in [2.75, 3.05) is 19.6 Å². The maximum absolute atomic E-state index is 12.2. The third-order valence-electron chi connectivity index (χ3n) is 5.85. The van der Waals surface area contributed by atoms with Crippen molar-refractivity contribution < 1.29 is 4.79 Å². The molecule has 1 amide bonds. The van der Waals surface area contributed by atoms with E-state index in [2.05, 4.69) is 54.3 Å². The number of aryl methyl sites for hydroxylation is 1. The first-order chi connectivity index (χ1) is 14.5. The van der Waals surface area contributed by atoms with Gasteiger partial charge in [0.15, 0.2) is 0 Å². The molecule has 1 heterocycles. The highest BCUT2D eigenvalue weighted by atomic mass is 35.5. The number of halogens is 1. The molecular formula is C26H27ClN2O. The fourth-order valence-electron chi connectivity index (χ4n) is 4.23. The Labute approximate surface area is 183 Å². The molecule has 0 N–H and O–H groups in total. The van der Waals surface area contributed by atoms with Crippen LogP contribution in [0.5, 0.6) is 0 Å². The zero-order valence-electron chi connectivity index (χ0n) is 17.5. The minimum Gasteiger partial charge on any atom is -0.333 e. The summed E-state index contributed by atoms with van der Waals surface area (Å²) in [4.78, 5) is 16.6. The lowest BCUT2D eigenvalue weighted by molar-refractivity contribution is -0.134. The number of rotatable bonds is 4. The van der Waals surface area contributed by atoms with E-state index in [1.54, 1.807) is 6.92 Å². The molecule has 4 heteroatoms. The Bertz CT molecular complexity index is 1020. The first-order valence-corrected chi connectivity index (χ1v) is 10.8. The summed E-state index contributed by atoms with van der Waals surface area (Å²) in [5.74, 6) is 0.142. The van der Waals surface area contributed by atoms with Crippen molar-refractivity contribution in [2.24, 2.45) is 0 Å². The van der Waals surface area contributed by atoms with E-state index >= 15 is 0 Å². The Morgan fingerprint density at radius 1 is 1.00 bits per heavy atom. The van der Waals surface area contributed by atoms with Crippen molar-refractivity contribution in [3.05, 3.63) is 94.5 Å². The van der Waals surface area contributed by atoms with Gasteiger partial charge in [0.05, 0.1) is 6.04 Å². The van der Waals surface area contributed by atoms with Crippen molar-refractivity contribution in [1.82, 2.24) is 9.80 Å². The van der Waals surface area contributed by atoms with E-state index < -0.39 is 0 Å². The van der Waals surface area contributed by atoms with E-state index in [9.17, 15) is 4.79 Å². The summed E-state index contributed by atoms with van der Waals surface area (Å²) in [6.07, 6.45) is 0. The largest absolute Gasteiger partial charge is 0.333 e. The highest BCUT2D eigenvalue weighted by Crippen LogP contribution is 2.30. The number of piperazine rings is 1. The number of hydrogen-bond donors (Lipinski definition) is 0. The lowest BCUT2D eigenvalue weighted by Crippen LogP contribution is -2.49. The lowest BCUT2D eigenvalue weighted by atomic mass is 10.0. The molecule has 1 fully saturated rings. The molecule has 3 aromatic carbocycles. The zero-order chi connectivity index (χ0) is 21.1. The number of carbonyl (C=O) groups is 1. The van der Waals surface area contributed by atoms with Crippen LogP contribution >= 0.6 is 11.6 Å². The zero-order valence-corrected chi connectivity index (χ0v) is 18.3. The van der Waals surface area contributed by atoms with E-state index in [0.29, 0.717) is 0 Å². The molecule has 0 radical (unpaired) electrons. The molecule has 3 aromatic rings. The van der Waals surface area contributed by atoms with Crippen LogP contribution in [0.3, 0.4) is 0 Å². The molecule has 0 aliphatic carbocycles. The summed E-state index contributed by atoms with van der Waals surface area (Å²) in [5, 5.41) is 0.777. The van der Waals surface area contributed by atoms with E-state index in [1.165, 1.54) is 16.7 Å². The first kappa shape index (κ1) is 20.6. The third-order valence-corrected chi connectivity index (χ3v) is 6.18. The third kappa shape index (κ3) is 4.58. The SMILES string of the molecule is CC(=O)N1CCN(Cc2ccc(-c3cc(C)ccc3Cl)cc2)CC1c1ccccc1. The fraction of sp³-hybridized carbons (Fsp3) is 0.269. The molecule has 0 saturated carbocycles. The molecule has 1 atom stereocenters. The Hall–Kier alpha value is -2.62. The predicted molar refractivity (Wildman–Crippen MR) is 123 cm³/mol. The minimum absolute atomic E-state index is 0.0998. The van der Waals surface area contributed by atoms with Crippen molar-refractivity contribution in [2.45, 2.75) is 26.4 Å². The predicted octanol–water partition coefficient (Wildman–Crippen LogP) is 5.72. The molecule has 1 aliphatic rings. The Kier molecular flexibility index (Phi) is 6.21. The molecule has 1 aliphatic heterocycles. The van der Waals surface area contributed by atoms with Gasteiger partial charge in [-0.25, -0.2) is 0 Å². The van der Waals surface area contributed by atoms with Gasteiger partial charge < -0.3 is 4.90 Å². The molecule has 1 saturated heterocycles. The van der Waals surface area contributed by atoms with E-state index in [1.807, 2.05) is 35.2 Å². The molecule has 154 valence electrons. The van der Waals surface area contributed by atoms with E-state index in [0.717, 1.165) is 42.3 Å². The van der Waals surface area contributed by atoms with Crippen LogP contribution in [-0.4, -0.2) is 35.3 Å². The van der Waals surface area contributed by atoms with Crippen LogP contribution in [-0.2, 0) is 11.3 Å². The van der Waals surface area contributed by atoms with Crippen molar-refractivity contribution in [3.63, 3.8) is 0 Å². The molecule has 0 spiro atoms. The summed E-state index contributed by atoms with van der Waals surface area (Å²) in [5.41, 5.74) is 5.87. The van der Waals surface area contributed by atoms with Crippen molar-refractivity contribution in [3.8, 4) is 11.1 Å². The van der Waals surface area contributed by atoms with Gasteiger partial charge in [-0.2, -0.15) is 0 Å².